The van der Waals surface area contributed by atoms with Crippen molar-refractivity contribution in [3.63, 3.8) is 0 Å². The van der Waals surface area contributed by atoms with Gasteiger partial charge >= 0.3 is 0 Å². The Hall–Kier alpha value is -0.610. The van der Waals surface area contributed by atoms with Crippen LogP contribution in [-0.2, 0) is 4.79 Å². The van der Waals surface area contributed by atoms with Gasteiger partial charge in [0.15, 0.2) is 0 Å². The summed E-state index contributed by atoms with van der Waals surface area (Å²) < 4.78 is 0. The van der Waals surface area contributed by atoms with Gasteiger partial charge in [-0.15, -0.1) is 0 Å². The van der Waals surface area contributed by atoms with Crippen molar-refractivity contribution in [3.05, 3.63) is 0 Å². The second-order valence-electron chi connectivity index (χ2n) is 4.47. The highest BCUT2D eigenvalue weighted by atomic mass is 16.3. The van der Waals surface area contributed by atoms with Gasteiger partial charge in [-0.3, -0.25) is 4.79 Å². The molecule has 0 saturated carbocycles. The first kappa shape index (κ1) is 14.4. The molecule has 3 N–H and O–H groups in total. The summed E-state index contributed by atoms with van der Waals surface area (Å²) in [6.07, 6.45) is 0.606. The first-order valence-electron chi connectivity index (χ1n) is 5.58. The van der Waals surface area contributed by atoms with Crippen LogP contribution in [0.15, 0.2) is 0 Å². The molecular formula is C11H24N2O2. The number of amides is 1. The Morgan fingerprint density at radius 2 is 1.87 bits per heavy atom. The lowest BCUT2D eigenvalue weighted by atomic mass is 10.0. The Labute approximate surface area is 92.4 Å². The maximum absolute atomic E-state index is 12.0. The van der Waals surface area contributed by atoms with Gasteiger partial charge in [-0.25, -0.2) is 0 Å². The van der Waals surface area contributed by atoms with Crippen LogP contribution in [0.1, 0.15) is 34.1 Å². The van der Waals surface area contributed by atoms with Crippen LogP contribution in [0.25, 0.3) is 0 Å². The van der Waals surface area contributed by atoms with E-state index in [9.17, 15) is 4.79 Å². The SMILES string of the molecule is CC(C)[C@H](N)C(=O)N(CCCO)C(C)C. The van der Waals surface area contributed by atoms with Crippen LogP contribution in [0.2, 0.25) is 0 Å². The molecular weight excluding hydrogens is 192 g/mol. The van der Waals surface area contributed by atoms with Gasteiger partial charge in [0.2, 0.25) is 5.91 Å². The topological polar surface area (TPSA) is 66.6 Å². The first-order valence-corrected chi connectivity index (χ1v) is 5.58. The predicted octanol–water partition coefficient (Wildman–Crippen LogP) is 0.589. The van der Waals surface area contributed by atoms with E-state index in [4.69, 9.17) is 10.8 Å². The highest BCUT2D eigenvalue weighted by Crippen LogP contribution is 2.07. The summed E-state index contributed by atoms with van der Waals surface area (Å²) in [6.45, 7) is 8.48. The van der Waals surface area contributed by atoms with E-state index in [0.717, 1.165) is 0 Å². The third-order valence-corrected chi connectivity index (χ3v) is 2.47. The third-order valence-electron chi connectivity index (χ3n) is 2.47. The van der Waals surface area contributed by atoms with Crippen LogP contribution >= 0.6 is 0 Å². The summed E-state index contributed by atoms with van der Waals surface area (Å²) in [5, 5.41) is 8.76. The maximum atomic E-state index is 12.0. The smallest absolute Gasteiger partial charge is 0.239 e. The van der Waals surface area contributed by atoms with Crippen molar-refractivity contribution < 1.29 is 9.90 Å². The fraction of sp³-hybridized carbons (Fsp3) is 0.909. The molecule has 0 rings (SSSR count). The average molecular weight is 216 g/mol. The zero-order valence-electron chi connectivity index (χ0n) is 10.2. The molecule has 0 radical (unpaired) electrons. The fourth-order valence-electron chi connectivity index (χ4n) is 1.34. The van der Waals surface area contributed by atoms with Crippen molar-refractivity contribution in [1.82, 2.24) is 4.90 Å². The van der Waals surface area contributed by atoms with Crippen LogP contribution in [-0.4, -0.2) is 41.1 Å². The molecule has 0 heterocycles. The maximum Gasteiger partial charge on any atom is 0.239 e. The summed E-state index contributed by atoms with van der Waals surface area (Å²) in [4.78, 5) is 13.7. The summed E-state index contributed by atoms with van der Waals surface area (Å²) in [5.74, 6) is 0.126. The molecule has 1 atom stereocenters. The average Bonchev–Trinajstić information content (AvgIpc) is 2.16. The Kier molecular flexibility index (Phi) is 6.52. The van der Waals surface area contributed by atoms with Gasteiger partial charge in [0.25, 0.3) is 0 Å². The van der Waals surface area contributed by atoms with E-state index in [1.807, 2.05) is 27.7 Å². The standard InChI is InChI=1S/C11H24N2O2/c1-8(2)10(12)11(15)13(9(3)4)6-5-7-14/h8-10,14H,5-7,12H2,1-4H3/t10-/m0/s1. The number of rotatable bonds is 6. The van der Waals surface area contributed by atoms with Crippen LogP contribution in [0.4, 0.5) is 0 Å². The van der Waals surface area contributed by atoms with E-state index in [2.05, 4.69) is 0 Å². The number of nitrogens with zero attached hydrogens (tertiary/aromatic N) is 1. The summed E-state index contributed by atoms with van der Waals surface area (Å²) >= 11 is 0. The summed E-state index contributed by atoms with van der Waals surface area (Å²) in [6, 6.07) is -0.306. The molecule has 0 aromatic carbocycles. The van der Waals surface area contributed by atoms with Gasteiger partial charge in [0.1, 0.15) is 0 Å². The van der Waals surface area contributed by atoms with Crippen molar-refractivity contribution in [2.45, 2.75) is 46.2 Å². The number of carbonyl (C=O) groups excluding carboxylic acids is 1. The van der Waals surface area contributed by atoms with E-state index in [1.165, 1.54) is 0 Å². The molecule has 15 heavy (non-hydrogen) atoms. The van der Waals surface area contributed by atoms with Gasteiger partial charge < -0.3 is 15.7 Å². The third kappa shape index (κ3) is 4.62. The minimum atomic E-state index is -0.439. The highest BCUT2D eigenvalue weighted by molar-refractivity contribution is 5.82. The van der Waals surface area contributed by atoms with Gasteiger partial charge in [0.05, 0.1) is 6.04 Å². The summed E-state index contributed by atoms with van der Waals surface area (Å²) in [7, 11) is 0. The van der Waals surface area contributed by atoms with Crippen molar-refractivity contribution >= 4 is 5.91 Å². The van der Waals surface area contributed by atoms with E-state index >= 15 is 0 Å². The molecule has 90 valence electrons. The molecule has 0 aliphatic carbocycles. The van der Waals surface area contributed by atoms with Crippen LogP contribution in [0.3, 0.4) is 0 Å². The zero-order valence-corrected chi connectivity index (χ0v) is 10.2. The quantitative estimate of drug-likeness (QED) is 0.683. The second kappa shape index (κ2) is 6.80. The Balaban J connectivity index is 4.41. The summed E-state index contributed by atoms with van der Waals surface area (Å²) in [5.41, 5.74) is 5.82. The highest BCUT2D eigenvalue weighted by Gasteiger charge is 2.24. The molecule has 0 saturated heterocycles. The van der Waals surface area contributed by atoms with E-state index < -0.39 is 6.04 Å². The number of aliphatic hydroxyl groups is 1. The van der Waals surface area contributed by atoms with Crippen molar-refractivity contribution in [2.24, 2.45) is 11.7 Å². The minimum Gasteiger partial charge on any atom is -0.396 e. The molecule has 0 aliphatic rings. The van der Waals surface area contributed by atoms with E-state index in [-0.39, 0.29) is 24.5 Å². The Morgan fingerprint density at radius 3 is 2.20 bits per heavy atom. The molecule has 0 aromatic rings. The first-order chi connectivity index (χ1) is 6.91. The van der Waals surface area contributed by atoms with Gasteiger partial charge in [-0.05, 0) is 26.2 Å². The molecule has 0 spiro atoms. The van der Waals surface area contributed by atoms with Crippen LogP contribution < -0.4 is 5.73 Å². The molecule has 4 nitrogen and oxygen atoms in total. The molecule has 1 amide bonds. The lowest BCUT2D eigenvalue weighted by Gasteiger charge is -2.30. The normalized spacial score (nSPS) is 13.3. The lowest BCUT2D eigenvalue weighted by Crippen LogP contribution is -2.49. The van der Waals surface area contributed by atoms with E-state index in [0.29, 0.717) is 13.0 Å². The molecule has 0 unspecified atom stereocenters. The minimum absolute atomic E-state index is 0.0200. The molecule has 0 aliphatic heterocycles. The number of nitrogens with two attached hydrogens (primary N) is 1. The van der Waals surface area contributed by atoms with Gasteiger partial charge in [-0.1, -0.05) is 13.8 Å². The zero-order chi connectivity index (χ0) is 12.0. The monoisotopic (exact) mass is 216 g/mol. The Bertz CT molecular complexity index is 193. The molecule has 4 heteroatoms. The molecule has 0 bridgehead atoms. The van der Waals surface area contributed by atoms with Gasteiger partial charge in [-0.2, -0.15) is 0 Å². The fourth-order valence-corrected chi connectivity index (χ4v) is 1.34. The van der Waals surface area contributed by atoms with Crippen LogP contribution in [0, 0.1) is 5.92 Å². The molecule has 0 fully saturated rings. The van der Waals surface area contributed by atoms with Crippen molar-refractivity contribution in [2.75, 3.05) is 13.2 Å². The number of aliphatic hydroxyl groups excluding tert-OH is 1. The van der Waals surface area contributed by atoms with Crippen molar-refractivity contribution in [1.29, 1.82) is 0 Å². The lowest BCUT2D eigenvalue weighted by molar-refractivity contribution is -0.135. The number of carbonyl (C=O) groups is 1. The predicted molar refractivity (Wildman–Crippen MR) is 61.4 cm³/mol. The molecule has 0 aromatic heterocycles. The Morgan fingerprint density at radius 1 is 1.33 bits per heavy atom. The number of hydrogen-bond donors (Lipinski definition) is 2. The van der Waals surface area contributed by atoms with Crippen LogP contribution in [0.5, 0.6) is 0 Å². The second-order valence-corrected chi connectivity index (χ2v) is 4.47. The van der Waals surface area contributed by atoms with Crippen molar-refractivity contribution in [3.8, 4) is 0 Å². The number of hydrogen-bond acceptors (Lipinski definition) is 3. The van der Waals surface area contributed by atoms with Gasteiger partial charge in [0, 0.05) is 19.2 Å². The van der Waals surface area contributed by atoms with E-state index in [1.54, 1.807) is 4.90 Å². The largest absolute Gasteiger partial charge is 0.396 e.